The van der Waals surface area contributed by atoms with Crippen LogP contribution in [0.5, 0.6) is 0 Å². The number of amides is 1. The number of nitrogens with one attached hydrogen (secondary N) is 1. The van der Waals surface area contributed by atoms with Crippen molar-refractivity contribution in [1.29, 1.82) is 0 Å². The van der Waals surface area contributed by atoms with Gasteiger partial charge in [0.05, 0.1) is 23.4 Å². The van der Waals surface area contributed by atoms with Crippen LogP contribution in [0.25, 0.3) is 0 Å². The number of nitrogens with zero attached hydrogens (tertiary/aromatic N) is 1. The first-order valence-electron chi connectivity index (χ1n) is 6.20. The van der Waals surface area contributed by atoms with Gasteiger partial charge in [-0.15, -0.1) is 0 Å². The molecule has 6 heteroatoms. The number of hydrogen-bond donors (Lipinski definition) is 2. The molecule has 21 heavy (non-hydrogen) atoms. The van der Waals surface area contributed by atoms with E-state index in [9.17, 15) is 9.59 Å². The summed E-state index contributed by atoms with van der Waals surface area (Å²) in [6.45, 7) is 1.90. The fourth-order valence-corrected chi connectivity index (χ4v) is 2.28. The third-order valence-electron chi connectivity index (χ3n) is 2.94. The summed E-state index contributed by atoms with van der Waals surface area (Å²) in [5.74, 6) is -1.22. The predicted octanol–water partition coefficient (Wildman–Crippen LogP) is 3.03. The number of rotatable bonds is 4. The van der Waals surface area contributed by atoms with E-state index in [4.69, 9.17) is 5.11 Å². The molecule has 0 fully saturated rings. The number of carbonyl (C=O) groups is 2. The molecule has 1 aromatic heterocycles. The van der Waals surface area contributed by atoms with Crippen LogP contribution >= 0.6 is 15.9 Å². The van der Waals surface area contributed by atoms with Gasteiger partial charge in [-0.25, -0.2) is 4.79 Å². The Kier molecular flexibility index (Phi) is 4.70. The molecule has 0 atom stereocenters. The summed E-state index contributed by atoms with van der Waals surface area (Å²) in [6, 6.07) is 8.15. The normalized spacial score (nSPS) is 10.2. The van der Waals surface area contributed by atoms with E-state index in [1.807, 2.05) is 19.1 Å². The summed E-state index contributed by atoms with van der Waals surface area (Å²) in [6.07, 6.45) is 1.81. The van der Waals surface area contributed by atoms with E-state index >= 15 is 0 Å². The second-order valence-electron chi connectivity index (χ2n) is 4.49. The molecule has 2 rings (SSSR count). The lowest BCUT2D eigenvalue weighted by molar-refractivity contribution is -0.115. The molecule has 1 amide bonds. The molecule has 0 aliphatic rings. The quantitative estimate of drug-likeness (QED) is 0.889. The molecular weight excluding hydrogens is 336 g/mol. The molecule has 0 saturated heterocycles. The Hall–Kier alpha value is -2.21. The van der Waals surface area contributed by atoms with Crippen molar-refractivity contribution in [2.75, 3.05) is 5.32 Å². The highest BCUT2D eigenvalue weighted by molar-refractivity contribution is 9.10. The smallest absolute Gasteiger partial charge is 0.335 e. The summed E-state index contributed by atoms with van der Waals surface area (Å²) in [5.41, 5.74) is 2.35. The number of pyridine rings is 1. The number of benzene rings is 1. The first-order chi connectivity index (χ1) is 9.97. The van der Waals surface area contributed by atoms with E-state index < -0.39 is 5.97 Å². The topological polar surface area (TPSA) is 79.3 Å². The molecule has 5 nitrogen and oxygen atoms in total. The summed E-state index contributed by atoms with van der Waals surface area (Å²) >= 11 is 3.25. The molecule has 0 aliphatic carbocycles. The first kappa shape index (κ1) is 15.2. The van der Waals surface area contributed by atoms with Crippen LogP contribution in [-0.4, -0.2) is 22.0 Å². The number of carboxylic acid groups (broad SMARTS) is 1. The van der Waals surface area contributed by atoms with Crippen LogP contribution in [0.3, 0.4) is 0 Å². The highest BCUT2D eigenvalue weighted by atomic mass is 79.9. The van der Waals surface area contributed by atoms with Gasteiger partial charge in [0.1, 0.15) is 0 Å². The second-order valence-corrected chi connectivity index (χ2v) is 5.35. The Morgan fingerprint density at radius 3 is 2.71 bits per heavy atom. The number of halogens is 1. The maximum Gasteiger partial charge on any atom is 0.335 e. The maximum absolute atomic E-state index is 12.0. The molecule has 2 aromatic rings. The zero-order valence-corrected chi connectivity index (χ0v) is 12.8. The first-order valence-corrected chi connectivity index (χ1v) is 7.00. The fraction of sp³-hybridized carbons (Fsp3) is 0.133. The minimum absolute atomic E-state index is 0.153. The summed E-state index contributed by atoms with van der Waals surface area (Å²) in [7, 11) is 0. The average molecular weight is 349 g/mol. The molecule has 1 aromatic carbocycles. The van der Waals surface area contributed by atoms with Gasteiger partial charge >= 0.3 is 5.97 Å². The van der Waals surface area contributed by atoms with Crippen molar-refractivity contribution < 1.29 is 14.7 Å². The molecule has 0 unspecified atom stereocenters. The number of hydrogen-bond acceptors (Lipinski definition) is 3. The van der Waals surface area contributed by atoms with E-state index in [2.05, 4.69) is 26.2 Å². The van der Waals surface area contributed by atoms with E-state index in [1.165, 1.54) is 12.1 Å². The molecule has 2 N–H and O–H groups in total. The van der Waals surface area contributed by atoms with E-state index in [1.54, 1.807) is 12.3 Å². The average Bonchev–Trinajstić information content (AvgIpc) is 2.43. The molecule has 0 radical (unpaired) electrons. The Labute approximate surface area is 130 Å². The fourth-order valence-electron chi connectivity index (χ4n) is 1.80. The number of carboxylic acids is 1. The number of aryl methyl sites for hydroxylation is 1. The molecule has 108 valence electrons. The highest BCUT2D eigenvalue weighted by Crippen LogP contribution is 2.24. The van der Waals surface area contributed by atoms with Crippen LogP contribution in [-0.2, 0) is 11.2 Å². The lowest BCUT2D eigenvalue weighted by atomic mass is 10.1. The number of carbonyl (C=O) groups excluding carboxylic acids is 1. The van der Waals surface area contributed by atoms with Gasteiger partial charge in [0, 0.05) is 10.7 Å². The van der Waals surface area contributed by atoms with E-state index in [-0.39, 0.29) is 17.9 Å². The van der Waals surface area contributed by atoms with Gasteiger partial charge in [-0.05, 0) is 52.7 Å². The predicted molar refractivity (Wildman–Crippen MR) is 82.4 cm³/mol. The van der Waals surface area contributed by atoms with Gasteiger partial charge in [0.15, 0.2) is 0 Å². The van der Waals surface area contributed by atoms with Gasteiger partial charge in [-0.3, -0.25) is 9.78 Å². The van der Waals surface area contributed by atoms with Gasteiger partial charge in [-0.2, -0.15) is 0 Å². The summed E-state index contributed by atoms with van der Waals surface area (Å²) < 4.78 is 0.522. The highest BCUT2D eigenvalue weighted by Gasteiger charge is 2.11. The molecular formula is C15H13BrN2O3. The third kappa shape index (κ3) is 3.88. The van der Waals surface area contributed by atoms with Crippen molar-refractivity contribution in [3.05, 3.63) is 57.8 Å². The summed E-state index contributed by atoms with van der Waals surface area (Å²) in [4.78, 5) is 27.0. The summed E-state index contributed by atoms with van der Waals surface area (Å²) in [5, 5.41) is 11.6. The van der Waals surface area contributed by atoms with Gasteiger partial charge in [0.2, 0.25) is 5.91 Å². The number of aromatic carboxylic acids is 1. The standard InChI is InChI=1S/C15H13BrN2O3/c1-9-3-2-6-17-13(9)8-14(19)18-12-5-4-10(15(20)21)7-11(12)16/h2-7H,8H2,1H3,(H,18,19)(H,20,21). The molecule has 0 aliphatic heterocycles. The SMILES string of the molecule is Cc1cccnc1CC(=O)Nc1ccc(C(=O)O)cc1Br. The number of anilines is 1. The van der Waals surface area contributed by atoms with Crippen molar-refractivity contribution in [1.82, 2.24) is 4.98 Å². The largest absolute Gasteiger partial charge is 0.478 e. The van der Waals surface area contributed by atoms with Crippen molar-refractivity contribution in [2.24, 2.45) is 0 Å². The molecule has 0 spiro atoms. The molecule has 0 saturated carbocycles. The van der Waals surface area contributed by atoms with E-state index in [0.717, 1.165) is 5.56 Å². The van der Waals surface area contributed by atoms with Crippen LogP contribution < -0.4 is 5.32 Å². The van der Waals surface area contributed by atoms with Crippen molar-refractivity contribution in [3.8, 4) is 0 Å². The second kappa shape index (κ2) is 6.49. The van der Waals surface area contributed by atoms with Crippen LogP contribution in [0.1, 0.15) is 21.6 Å². The minimum Gasteiger partial charge on any atom is -0.478 e. The van der Waals surface area contributed by atoms with Gasteiger partial charge in [0.25, 0.3) is 0 Å². The van der Waals surface area contributed by atoms with Gasteiger partial charge in [-0.1, -0.05) is 6.07 Å². The zero-order valence-electron chi connectivity index (χ0n) is 11.3. The minimum atomic E-state index is -1.02. The van der Waals surface area contributed by atoms with Crippen LogP contribution in [0.2, 0.25) is 0 Å². The van der Waals surface area contributed by atoms with E-state index in [0.29, 0.717) is 15.9 Å². The van der Waals surface area contributed by atoms with Crippen molar-refractivity contribution >= 4 is 33.5 Å². The monoisotopic (exact) mass is 348 g/mol. The van der Waals surface area contributed by atoms with Gasteiger partial charge < -0.3 is 10.4 Å². The van der Waals surface area contributed by atoms with Crippen molar-refractivity contribution in [2.45, 2.75) is 13.3 Å². The van der Waals surface area contributed by atoms with Crippen LogP contribution in [0, 0.1) is 6.92 Å². The van der Waals surface area contributed by atoms with Crippen molar-refractivity contribution in [3.63, 3.8) is 0 Å². The Morgan fingerprint density at radius 1 is 1.33 bits per heavy atom. The maximum atomic E-state index is 12.0. The Morgan fingerprint density at radius 2 is 2.10 bits per heavy atom. The third-order valence-corrected chi connectivity index (χ3v) is 3.59. The Balaban J connectivity index is 2.10. The lowest BCUT2D eigenvalue weighted by Gasteiger charge is -2.09. The van der Waals surface area contributed by atoms with Crippen LogP contribution in [0.4, 0.5) is 5.69 Å². The molecule has 1 heterocycles. The molecule has 0 bridgehead atoms. The Bertz CT molecular complexity index is 701. The van der Waals surface area contributed by atoms with Crippen LogP contribution in [0.15, 0.2) is 41.0 Å². The zero-order chi connectivity index (χ0) is 15.4. The lowest BCUT2D eigenvalue weighted by Crippen LogP contribution is -2.16. The number of aromatic nitrogens is 1.